The maximum Gasteiger partial charge on any atom is 0.226 e. The number of anilines is 1. The average Bonchev–Trinajstić information content (AvgIpc) is 2.58. The van der Waals surface area contributed by atoms with Crippen LogP contribution in [0.2, 0.25) is 5.02 Å². The van der Waals surface area contributed by atoms with Crippen molar-refractivity contribution in [3.05, 3.63) is 47.5 Å². The second-order valence-electron chi connectivity index (χ2n) is 6.13. The molecule has 2 aromatic carbocycles. The van der Waals surface area contributed by atoms with E-state index in [0.29, 0.717) is 17.5 Å². The Morgan fingerprint density at radius 3 is 2.48 bits per heavy atom. The van der Waals surface area contributed by atoms with Crippen LogP contribution >= 0.6 is 11.6 Å². The van der Waals surface area contributed by atoms with Crippen LogP contribution in [-0.4, -0.2) is 42.1 Å². The molecule has 0 radical (unpaired) electrons. The molecule has 0 unspecified atom stereocenters. The average molecular weight is 357 g/mol. The van der Waals surface area contributed by atoms with E-state index in [1.54, 1.807) is 0 Å². The fourth-order valence-electron chi connectivity index (χ4n) is 2.60. The third-order valence-electron chi connectivity index (χ3n) is 3.84. The van der Waals surface area contributed by atoms with Gasteiger partial charge in [-0.3, -0.25) is 0 Å². The minimum absolute atomic E-state index is 0.217. The maximum absolute atomic E-state index is 5.97. The predicted molar refractivity (Wildman–Crippen MR) is 103 cm³/mol. The van der Waals surface area contributed by atoms with Crippen LogP contribution in [-0.2, 0) is 0 Å². The quantitative estimate of drug-likeness (QED) is 0.679. The first-order valence-electron chi connectivity index (χ1n) is 8.13. The molecule has 0 spiro atoms. The summed E-state index contributed by atoms with van der Waals surface area (Å²) in [5.74, 6) is 0.742. The summed E-state index contributed by atoms with van der Waals surface area (Å²) in [7, 11) is 4.08. The highest BCUT2D eigenvalue weighted by Crippen LogP contribution is 2.29. The van der Waals surface area contributed by atoms with Gasteiger partial charge in [0.1, 0.15) is 0 Å². The summed E-state index contributed by atoms with van der Waals surface area (Å²) in [6.07, 6.45) is 0.912. The summed E-state index contributed by atoms with van der Waals surface area (Å²) < 4.78 is 5.88. The molecule has 0 atom stereocenters. The lowest BCUT2D eigenvalue weighted by Crippen LogP contribution is -2.16. The summed E-state index contributed by atoms with van der Waals surface area (Å²) in [4.78, 5) is 10.7. The number of benzene rings is 2. The Morgan fingerprint density at radius 2 is 1.76 bits per heavy atom. The molecule has 25 heavy (non-hydrogen) atoms. The lowest BCUT2D eigenvalue weighted by atomic mass is 10.0. The Hall–Kier alpha value is -2.37. The molecule has 1 aromatic heterocycles. The standard InChI is InChI=1S/C19H21ClN4O/c1-24(2)10-3-11-25-18-16-12-14(13-4-7-15(20)8-5-13)6-9-17(16)22-19(21)23-18/h4-9,12H,3,10-11H2,1-2H3,(H2,21,22,23). The SMILES string of the molecule is CN(C)CCCOc1nc(N)nc2ccc(-c3ccc(Cl)cc3)cc12. The van der Waals surface area contributed by atoms with Crippen LogP contribution < -0.4 is 10.5 Å². The smallest absolute Gasteiger partial charge is 0.226 e. The normalized spacial score (nSPS) is 11.2. The van der Waals surface area contributed by atoms with Gasteiger partial charge in [0.05, 0.1) is 17.5 Å². The molecular formula is C19H21ClN4O. The summed E-state index contributed by atoms with van der Waals surface area (Å²) in [5.41, 5.74) is 8.71. The van der Waals surface area contributed by atoms with E-state index in [4.69, 9.17) is 22.1 Å². The molecule has 1 heterocycles. The molecular weight excluding hydrogens is 336 g/mol. The predicted octanol–water partition coefficient (Wildman–Crippen LogP) is 3.86. The number of hydrogen-bond acceptors (Lipinski definition) is 5. The van der Waals surface area contributed by atoms with Gasteiger partial charge in [0.2, 0.25) is 11.8 Å². The monoisotopic (exact) mass is 356 g/mol. The highest BCUT2D eigenvalue weighted by atomic mass is 35.5. The molecule has 0 fully saturated rings. The molecule has 0 aliphatic rings. The molecule has 0 bridgehead atoms. The van der Waals surface area contributed by atoms with Crippen molar-refractivity contribution < 1.29 is 4.74 Å². The van der Waals surface area contributed by atoms with Gasteiger partial charge in [-0.2, -0.15) is 4.98 Å². The van der Waals surface area contributed by atoms with Gasteiger partial charge in [-0.05, 0) is 55.9 Å². The van der Waals surface area contributed by atoms with Gasteiger partial charge in [0.15, 0.2) is 0 Å². The first-order chi connectivity index (χ1) is 12.0. The summed E-state index contributed by atoms with van der Waals surface area (Å²) in [5, 5.41) is 1.57. The highest BCUT2D eigenvalue weighted by molar-refractivity contribution is 6.30. The molecule has 0 aliphatic carbocycles. The molecule has 0 saturated carbocycles. The molecule has 2 N–H and O–H groups in total. The van der Waals surface area contributed by atoms with Crippen molar-refractivity contribution in [2.45, 2.75) is 6.42 Å². The number of fused-ring (bicyclic) bond motifs is 1. The van der Waals surface area contributed by atoms with Crippen molar-refractivity contribution in [1.82, 2.24) is 14.9 Å². The molecule has 0 amide bonds. The summed E-state index contributed by atoms with van der Waals surface area (Å²) in [6.45, 7) is 1.53. The first-order valence-corrected chi connectivity index (χ1v) is 8.51. The number of nitrogen functional groups attached to an aromatic ring is 1. The van der Waals surface area contributed by atoms with Crippen LogP contribution in [0, 0.1) is 0 Å². The molecule has 0 saturated heterocycles. The van der Waals surface area contributed by atoms with Crippen molar-refractivity contribution in [1.29, 1.82) is 0 Å². The van der Waals surface area contributed by atoms with Crippen molar-refractivity contribution in [3.63, 3.8) is 0 Å². The Balaban J connectivity index is 1.92. The lowest BCUT2D eigenvalue weighted by Gasteiger charge is -2.12. The van der Waals surface area contributed by atoms with Crippen LogP contribution in [0.1, 0.15) is 6.42 Å². The van der Waals surface area contributed by atoms with E-state index in [2.05, 4.69) is 14.9 Å². The summed E-state index contributed by atoms with van der Waals surface area (Å²) >= 11 is 5.97. The summed E-state index contributed by atoms with van der Waals surface area (Å²) in [6, 6.07) is 13.7. The van der Waals surface area contributed by atoms with Gasteiger partial charge in [-0.25, -0.2) is 4.98 Å². The van der Waals surface area contributed by atoms with Gasteiger partial charge < -0.3 is 15.4 Å². The van der Waals surface area contributed by atoms with Crippen molar-refractivity contribution in [2.75, 3.05) is 33.0 Å². The minimum Gasteiger partial charge on any atom is -0.477 e. The third-order valence-corrected chi connectivity index (χ3v) is 4.10. The molecule has 3 rings (SSSR count). The van der Waals surface area contributed by atoms with E-state index in [1.807, 2.05) is 56.6 Å². The molecule has 0 aliphatic heterocycles. The zero-order chi connectivity index (χ0) is 17.8. The van der Waals surface area contributed by atoms with Gasteiger partial charge in [-0.1, -0.05) is 29.8 Å². The Kier molecular flexibility index (Phi) is 5.36. The Labute approximate surface area is 152 Å². The zero-order valence-electron chi connectivity index (χ0n) is 14.4. The largest absolute Gasteiger partial charge is 0.477 e. The number of rotatable bonds is 6. The number of nitrogens with two attached hydrogens (primary N) is 1. The van der Waals surface area contributed by atoms with E-state index >= 15 is 0 Å². The third kappa shape index (κ3) is 4.38. The van der Waals surface area contributed by atoms with Gasteiger partial charge >= 0.3 is 0 Å². The van der Waals surface area contributed by atoms with Gasteiger partial charge in [0, 0.05) is 11.6 Å². The number of ether oxygens (including phenoxy) is 1. The Bertz CT molecular complexity index is 865. The van der Waals surface area contributed by atoms with Crippen LogP contribution in [0.3, 0.4) is 0 Å². The van der Waals surface area contributed by atoms with Crippen LogP contribution in [0.15, 0.2) is 42.5 Å². The number of aromatic nitrogens is 2. The number of hydrogen-bond donors (Lipinski definition) is 1. The topological polar surface area (TPSA) is 64.3 Å². The van der Waals surface area contributed by atoms with Crippen molar-refractivity contribution >= 4 is 28.5 Å². The molecule has 3 aromatic rings. The molecule has 6 heteroatoms. The Morgan fingerprint density at radius 1 is 1.04 bits per heavy atom. The van der Waals surface area contributed by atoms with Gasteiger partial charge in [-0.15, -0.1) is 0 Å². The molecule has 5 nitrogen and oxygen atoms in total. The minimum atomic E-state index is 0.217. The van der Waals surface area contributed by atoms with E-state index in [1.165, 1.54) is 0 Å². The van der Waals surface area contributed by atoms with E-state index in [-0.39, 0.29) is 5.95 Å². The zero-order valence-corrected chi connectivity index (χ0v) is 15.1. The molecule has 130 valence electrons. The highest BCUT2D eigenvalue weighted by Gasteiger charge is 2.10. The fourth-order valence-corrected chi connectivity index (χ4v) is 2.73. The lowest BCUT2D eigenvalue weighted by molar-refractivity contribution is 0.276. The van der Waals surface area contributed by atoms with Crippen molar-refractivity contribution in [2.24, 2.45) is 0 Å². The first kappa shape index (κ1) is 17.5. The second-order valence-corrected chi connectivity index (χ2v) is 6.57. The van der Waals surface area contributed by atoms with Crippen LogP contribution in [0.5, 0.6) is 5.88 Å². The number of halogens is 1. The van der Waals surface area contributed by atoms with Crippen molar-refractivity contribution in [3.8, 4) is 17.0 Å². The van der Waals surface area contributed by atoms with E-state index in [0.717, 1.165) is 35.0 Å². The maximum atomic E-state index is 5.97. The van der Waals surface area contributed by atoms with Crippen LogP contribution in [0.25, 0.3) is 22.0 Å². The fraction of sp³-hybridized carbons (Fsp3) is 0.263. The second kappa shape index (κ2) is 7.68. The van der Waals surface area contributed by atoms with Gasteiger partial charge in [0.25, 0.3) is 0 Å². The number of nitrogens with zero attached hydrogens (tertiary/aromatic N) is 3. The van der Waals surface area contributed by atoms with Crippen LogP contribution in [0.4, 0.5) is 5.95 Å². The van der Waals surface area contributed by atoms with E-state index in [9.17, 15) is 0 Å². The van der Waals surface area contributed by atoms with E-state index < -0.39 is 0 Å².